The molecular formula is C26H26FN3O4S. The van der Waals surface area contributed by atoms with Crippen molar-refractivity contribution in [3.63, 3.8) is 0 Å². The lowest BCUT2D eigenvalue weighted by Crippen LogP contribution is -2.70. The van der Waals surface area contributed by atoms with Crippen molar-refractivity contribution in [2.24, 2.45) is 0 Å². The second kappa shape index (κ2) is 9.59. The first kappa shape index (κ1) is 24.6. The average molecular weight is 496 g/mol. The Morgan fingerprint density at radius 1 is 1.00 bits per heavy atom. The molecule has 35 heavy (non-hydrogen) atoms. The monoisotopic (exact) mass is 495 g/mol. The van der Waals surface area contributed by atoms with E-state index in [-0.39, 0.29) is 18.0 Å². The maximum Gasteiger partial charge on any atom is 0.247 e. The first-order chi connectivity index (χ1) is 16.6. The van der Waals surface area contributed by atoms with Crippen LogP contribution in [0.4, 0.5) is 10.1 Å². The molecule has 7 nitrogen and oxygen atoms in total. The molecular weight excluding hydrogens is 469 g/mol. The average Bonchev–Trinajstić information content (AvgIpc) is 2.84. The molecule has 1 saturated heterocycles. The smallest absolute Gasteiger partial charge is 0.247 e. The minimum Gasteiger partial charge on any atom is -0.350 e. The number of rotatable bonds is 6. The van der Waals surface area contributed by atoms with Gasteiger partial charge in [-0.25, -0.2) is 12.8 Å². The Hall–Kier alpha value is -3.56. The fourth-order valence-electron chi connectivity index (χ4n) is 4.16. The van der Waals surface area contributed by atoms with Crippen molar-refractivity contribution in [1.82, 2.24) is 9.62 Å². The number of benzene rings is 3. The van der Waals surface area contributed by atoms with E-state index in [1.807, 2.05) is 37.3 Å². The summed E-state index contributed by atoms with van der Waals surface area (Å²) in [4.78, 5) is 28.2. The van der Waals surface area contributed by atoms with E-state index in [0.29, 0.717) is 5.69 Å². The van der Waals surface area contributed by atoms with Gasteiger partial charge in [0.1, 0.15) is 11.4 Å². The largest absolute Gasteiger partial charge is 0.350 e. The number of amides is 2. The number of piperazine rings is 1. The van der Waals surface area contributed by atoms with E-state index < -0.39 is 39.7 Å². The summed E-state index contributed by atoms with van der Waals surface area (Å²) in [6.07, 6.45) is 0. The quantitative estimate of drug-likeness (QED) is 0.569. The van der Waals surface area contributed by atoms with Crippen molar-refractivity contribution >= 4 is 27.5 Å². The van der Waals surface area contributed by atoms with Crippen LogP contribution in [0.15, 0.2) is 83.8 Å². The zero-order valence-corrected chi connectivity index (χ0v) is 20.3. The van der Waals surface area contributed by atoms with Crippen LogP contribution >= 0.6 is 0 Å². The van der Waals surface area contributed by atoms with Gasteiger partial charge >= 0.3 is 0 Å². The van der Waals surface area contributed by atoms with Gasteiger partial charge in [0.05, 0.1) is 11.4 Å². The van der Waals surface area contributed by atoms with E-state index in [4.69, 9.17) is 0 Å². The van der Waals surface area contributed by atoms with Crippen LogP contribution in [-0.2, 0) is 26.2 Å². The Balaban J connectivity index is 1.70. The molecule has 1 aliphatic rings. The van der Waals surface area contributed by atoms with Gasteiger partial charge in [-0.05, 0) is 55.8 Å². The highest BCUT2D eigenvalue weighted by atomic mass is 32.2. The highest BCUT2D eigenvalue weighted by Crippen LogP contribution is 2.32. The lowest BCUT2D eigenvalue weighted by molar-refractivity contribution is -0.133. The molecule has 0 aliphatic carbocycles. The Labute approximate surface area is 204 Å². The second-order valence-corrected chi connectivity index (χ2v) is 10.7. The zero-order chi connectivity index (χ0) is 25.2. The molecule has 9 heteroatoms. The molecule has 0 bridgehead atoms. The molecule has 0 aromatic heterocycles. The van der Waals surface area contributed by atoms with Crippen LogP contribution in [0.2, 0.25) is 0 Å². The first-order valence-electron chi connectivity index (χ1n) is 11.1. The summed E-state index contributed by atoms with van der Waals surface area (Å²) in [6.45, 7) is 2.84. The molecule has 3 aromatic rings. The predicted molar refractivity (Wildman–Crippen MR) is 131 cm³/mol. The van der Waals surface area contributed by atoms with E-state index in [0.717, 1.165) is 15.4 Å². The van der Waals surface area contributed by atoms with Gasteiger partial charge in [0.25, 0.3) is 0 Å². The minimum atomic E-state index is -4.05. The summed E-state index contributed by atoms with van der Waals surface area (Å²) in [7, 11) is -4.05. The Morgan fingerprint density at radius 3 is 2.26 bits per heavy atom. The number of nitrogens with one attached hydrogen (secondary N) is 1. The van der Waals surface area contributed by atoms with Crippen molar-refractivity contribution in [2.45, 2.75) is 30.8 Å². The van der Waals surface area contributed by atoms with Crippen LogP contribution in [0.25, 0.3) is 0 Å². The number of aryl methyl sites for hydroxylation is 1. The number of carbonyl (C=O) groups excluding carboxylic acids is 2. The molecule has 1 unspecified atom stereocenters. The second-order valence-electron chi connectivity index (χ2n) is 8.73. The Kier molecular flexibility index (Phi) is 6.73. The molecule has 4 rings (SSSR count). The lowest BCUT2D eigenvalue weighted by Gasteiger charge is -2.46. The number of halogens is 1. The van der Waals surface area contributed by atoms with Crippen LogP contribution < -0.4 is 10.2 Å². The van der Waals surface area contributed by atoms with E-state index in [9.17, 15) is 22.4 Å². The molecule has 3 aromatic carbocycles. The van der Waals surface area contributed by atoms with Crippen LogP contribution in [0, 0.1) is 12.7 Å². The third-order valence-corrected chi connectivity index (χ3v) is 7.87. The van der Waals surface area contributed by atoms with Gasteiger partial charge in [-0.15, -0.1) is 0 Å². The van der Waals surface area contributed by atoms with E-state index >= 15 is 0 Å². The predicted octanol–water partition coefficient (Wildman–Crippen LogP) is 3.25. The van der Waals surface area contributed by atoms with Gasteiger partial charge in [-0.2, -0.15) is 4.31 Å². The van der Waals surface area contributed by atoms with Crippen molar-refractivity contribution in [1.29, 1.82) is 0 Å². The van der Waals surface area contributed by atoms with Gasteiger partial charge in [0.2, 0.25) is 21.8 Å². The Bertz CT molecular complexity index is 1330. The van der Waals surface area contributed by atoms with Crippen LogP contribution in [-0.4, -0.2) is 43.2 Å². The highest BCUT2D eigenvalue weighted by Gasteiger charge is 2.51. The summed E-state index contributed by atoms with van der Waals surface area (Å²) < 4.78 is 41.4. The Morgan fingerprint density at radius 2 is 1.63 bits per heavy atom. The highest BCUT2D eigenvalue weighted by molar-refractivity contribution is 7.89. The van der Waals surface area contributed by atoms with Crippen molar-refractivity contribution < 1.29 is 22.4 Å². The summed E-state index contributed by atoms with van der Waals surface area (Å²) in [6, 6.07) is 20.7. The fraction of sp³-hybridized carbons (Fsp3) is 0.231. The molecule has 1 N–H and O–H groups in total. The zero-order valence-electron chi connectivity index (χ0n) is 19.4. The summed E-state index contributed by atoms with van der Waals surface area (Å²) in [5.74, 6) is -1.60. The molecule has 0 radical (unpaired) electrons. The van der Waals surface area contributed by atoms with Crippen LogP contribution in [0.3, 0.4) is 0 Å². The molecule has 1 atom stereocenters. The molecule has 1 heterocycles. The number of anilines is 1. The van der Waals surface area contributed by atoms with E-state index in [2.05, 4.69) is 5.32 Å². The minimum absolute atomic E-state index is 0.0400. The van der Waals surface area contributed by atoms with Gasteiger partial charge in [-0.3, -0.25) is 14.5 Å². The van der Waals surface area contributed by atoms with Crippen molar-refractivity contribution in [3.8, 4) is 0 Å². The van der Waals surface area contributed by atoms with Crippen molar-refractivity contribution in [2.75, 3.05) is 18.0 Å². The van der Waals surface area contributed by atoms with Crippen LogP contribution in [0.1, 0.15) is 18.1 Å². The van der Waals surface area contributed by atoms with Gasteiger partial charge < -0.3 is 5.32 Å². The number of hydrogen-bond acceptors (Lipinski definition) is 4. The molecule has 1 aliphatic heterocycles. The van der Waals surface area contributed by atoms with E-state index in [1.54, 1.807) is 12.1 Å². The van der Waals surface area contributed by atoms with Gasteiger partial charge in [0, 0.05) is 18.8 Å². The normalized spacial score (nSPS) is 18.9. The van der Waals surface area contributed by atoms with Gasteiger partial charge in [0.15, 0.2) is 0 Å². The standard InChI is InChI=1S/C26H26FN3O4S/c1-19-8-14-23(15-9-19)35(33,34)29-17-24(31)30(22-12-10-21(27)11-13-22)26(2,18-29)25(32)28-16-20-6-4-3-5-7-20/h3-15H,16-18H2,1-2H3,(H,28,32). The third kappa shape index (κ3) is 4.96. The molecule has 2 amide bonds. The van der Waals surface area contributed by atoms with E-state index in [1.165, 1.54) is 48.2 Å². The SMILES string of the molecule is Cc1ccc(S(=O)(=O)N2CC(=O)N(c3ccc(F)cc3)C(C)(C(=O)NCc3ccccc3)C2)cc1. The first-order valence-corrected chi connectivity index (χ1v) is 12.5. The summed E-state index contributed by atoms with van der Waals surface area (Å²) in [5.41, 5.74) is 0.469. The summed E-state index contributed by atoms with van der Waals surface area (Å²) >= 11 is 0. The van der Waals surface area contributed by atoms with Crippen molar-refractivity contribution in [3.05, 3.63) is 95.8 Å². The summed E-state index contributed by atoms with van der Waals surface area (Å²) in [5, 5.41) is 2.83. The molecule has 1 fully saturated rings. The lowest BCUT2D eigenvalue weighted by atomic mass is 9.94. The number of carbonyl (C=O) groups is 2. The van der Waals surface area contributed by atoms with Gasteiger partial charge in [-0.1, -0.05) is 48.0 Å². The number of hydrogen-bond donors (Lipinski definition) is 1. The topological polar surface area (TPSA) is 86.8 Å². The molecule has 0 spiro atoms. The van der Waals surface area contributed by atoms with Crippen LogP contribution in [0.5, 0.6) is 0 Å². The third-order valence-electron chi connectivity index (χ3n) is 6.07. The number of nitrogens with zero attached hydrogens (tertiary/aromatic N) is 2. The molecule has 0 saturated carbocycles. The number of sulfonamides is 1. The molecule has 182 valence electrons. The fourth-order valence-corrected chi connectivity index (χ4v) is 5.64. The maximum atomic E-state index is 13.6. The maximum absolute atomic E-state index is 13.6.